The van der Waals surface area contributed by atoms with Crippen LogP contribution in [-0.4, -0.2) is 17.7 Å². The van der Waals surface area contributed by atoms with Gasteiger partial charge in [0.25, 0.3) is 5.56 Å². The van der Waals surface area contributed by atoms with Crippen molar-refractivity contribution in [3.05, 3.63) is 98.2 Å². The van der Waals surface area contributed by atoms with Crippen molar-refractivity contribution in [1.29, 1.82) is 0 Å². The van der Waals surface area contributed by atoms with E-state index in [4.69, 9.17) is 4.42 Å². The van der Waals surface area contributed by atoms with Gasteiger partial charge in [0.15, 0.2) is 0 Å². The summed E-state index contributed by atoms with van der Waals surface area (Å²) in [5.41, 5.74) is 5.24. The fourth-order valence-electron chi connectivity index (χ4n) is 4.54. The van der Waals surface area contributed by atoms with Crippen LogP contribution in [0.25, 0.3) is 10.9 Å². The number of aryl methyl sites for hydroxylation is 5. The minimum atomic E-state index is -3.92. The third-order valence-corrected chi connectivity index (χ3v) is 7.93. The van der Waals surface area contributed by atoms with Crippen molar-refractivity contribution < 1.29 is 12.8 Å². The molecule has 0 amide bonds. The lowest BCUT2D eigenvalue weighted by molar-refractivity contribution is 0.357. The maximum atomic E-state index is 13.9. The van der Waals surface area contributed by atoms with Gasteiger partial charge in [0, 0.05) is 12.1 Å². The highest BCUT2D eigenvalue weighted by atomic mass is 32.2. The van der Waals surface area contributed by atoms with E-state index in [0.717, 1.165) is 27.6 Å². The summed E-state index contributed by atoms with van der Waals surface area (Å²) in [7, 11) is -3.92. The molecule has 6 nitrogen and oxygen atoms in total. The molecule has 0 aliphatic carbocycles. The Hall–Kier alpha value is -3.16. The van der Waals surface area contributed by atoms with Gasteiger partial charge >= 0.3 is 0 Å². The number of benzene rings is 2. The minimum absolute atomic E-state index is 0.0203. The van der Waals surface area contributed by atoms with Gasteiger partial charge in [-0.15, -0.1) is 0 Å². The molecule has 0 fully saturated rings. The van der Waals surface area contributed by atoms with Gasteiger partial charge in [0.2, 0.25) is 10.0 Å². The molecular weight excluding hydrogens is 436 g/mol. The van der Waals surface area contributed by atoms with Gasteiger partial charge in [-0.25, -0.2) is 8.42 Å². The maximum absolute atomic E-state index is 13.9. The molecule has 0 unspecified atom stereocenters. The monoisotopic (exact) mass is 464 g/mol. The van der Waals surface area contributed by atoms with Gasteiger partial charge in [-0.1, -0.05) is 29.3 Å². The molecule has 0 aliphatic rings. The summed E-state index contributed by atoms with van der Waals surface area (Å²) < 4.78 is 34.5. The molecule has 0 radical (unpaired) electrons. The van der Waals surface area contributed by atoms with Crippen molar-refractivity contribution in [3.63, 3.8) is 0 Å². The van der Waals surface area contributed by atoms with E-state index in [0.29, 0.717) is 22.5 Å². The zero-order valence-electron chi connectivity index (χ0n) is 19.5. The zero-order valence-corrected chi connectivity index (χ0v) is 20.3. The highest BCUT2D eigenvalue weighted by molar-refractivity contribution is 7.89. The summed E-state index contributed by atoms with van der Waals surface area (Å²) in [6.45, 7) is 9.42. The second kappa shape index (κ2) is 8.65. The number of furan rings is 1. The fourth-order valence-corrected chi connectivity index (χ4v) is 6.34. The lowest BCUT2D eigenvalue weighted by atomic mass is 10.1. The fraction of sp³-hybridized carbons (Fsp3) is 0.269. The molecular formula is C26H28N2O4S. The van der Waals surface area contributed by atoms with Gasteiger partial charge < -0.3 is 9.40 Å². The molecule has 1 N–H and O–H groups in total. The van der Waals surface area contributed by atoms with E-state index in [1.807, 2.05) is 45.0 Å². The van der Waals surface area contributed by atoms with Crippen LogP contribution in [0, 0.1) is 34.6 Å². The molecule has 4 aromatic rings. The smallest absolute Gasteiger partial charge is 0.252 e. The molecule has 172 valence electrons. The van der Waals surface area contributed by atoms with E-state index in [1.54, 1.807) is 32.0 Å². The van der Waals surface area contributed by atoms with Gasteiger partial charge in [0.1, 0.15) is 5.76 Å². The third-order valence-electron chi connectivity index (χ3n) is 5.83. The van der Waals surface area contributed by atoms with Crippen LogP contribution in [0.2, 0.25) is 0 Å². The third kappa shape index (κ3) is 4.51. The number of H-pyrrole nitrogens is 1. The van der Waals surface area contributed by atoms with E-state index in [1.165, 1.54) is 10.6 Å². The normalized spacial score (nSPS) is 12.1. The molecule has 4 rings (SSSR count). The Balaban J connectivity index is 1.84. The summed E-state index contributed by atoms with van der Waals surface area (Å²) in [6, 6.07) is 13.0. The number of pyridine rings is 1. The quantitative estimate of drug-likeness (QED) is 0.433. The first-order valence-corrected chi connectivity index (χ1v) is 12.2. The number of aromatic nitrogens is 1. The number of sulfonamides is 1. The first-order chi connectivity index (χ1) is 15.6. The van der Waals surface area contributed by atoms with E-state index in [-0.39, 0.29) is 23.5 Å². The number of nitrogens with zero attached hydrogens (tertiary/aromatic N) is 1. The standard InChI is InChI=1S/C26H28N2O4S/c1-16-10-19(4)25(20(5)11-16)33(30,31)28(15-23-7-6-8-32-23)14-22-13-21-12-17(2)9-18(3)24(21)27-26(22)29/h6-13H,14-15H2,1-5H3,(H,27,29). The number of rotatable bonds is 6. The topological polar surface area (TPSA) is 83.4 Å². The molecule has 0 atom stereocenters. The van der Waals surface area contributed by atoms with Gasteiger partial charge in [-0.2, -0.15) is 4.31 Å². The summed E-state index contributed by atoms with van der Waals surface area (Å²) in [5, 5.41) is 0.875. The van der Waals surface area contributed by atoms with E-state index >= 15 is 0 Å². The Morgan fingerprint density at radius 1 is 0.879 bits per heavy atom. The molecule has 0 bridgehead atoms. The number of aromatic amines is 1. The molecule has 33 heavy (non-hydrogen) atoms. The number of hydrogen-bond donors (Lipinski definition) is 1. The van der Waals surface area contributed by atoms with Crippen molar-refractivity contribution in [2.24, 2.45) is 0 Å². The van der Waals surface area contributed by atoms with Crippen molar-refractivity contribution >= 4 is 20.9 Å². The van der Waals surface area contributed by atoms with Gasteiger partial charge in [0.05, 0.1) is 23.2 Å². The molecule has 0 aliphatic heterocycles. The molecule has 0 saturated heterocycles. The van der Waals surface area contributed by atoms with Crippen LogP contribution in [0.1, 0.15) is 39.1 Å². The van der Waals surface area contributed by atoms with Crippen molar-refractivity contribution in [3.8, 4) is 0 Å². The number of nitrogens with one attached hydrogen (secondary N) is 1. The molecule has 2 aromatic carbocycles. The average Bonchev–Trinajstić information content (AvgIpc) is 3.21. The van der Waals surface area contributed by atoms with E-state index in [9.17, 15) is 13.2 Å². The van der Waals surface area contributed by atoms with Crippen LogP contribution >= 0.6 is 0 Å². The summed E-state index contributed by atoms with van der Waals surface area (Å²) in [5.74, 6) is 0.505. The summed E-state index contributed by atoms with van der Waals surface area (Å²) in [6.07, 6.45) is 1.51. The predicted molar refractivity (Wildman–Crippen MR) is 130 cm³/mol. The average molecular weight is 465 g/mol. The van der Waals surface area contributed by atoms with Crippen molar-refractivity contribution in [2.45, 2.75) is 52.6 Å². The Labute approximate surface area is 193 Å². The van der Waals surface area contributed by atoms with Gasteiger partial charge in [-0.3, -0.25) is 4.79 Å². The van der Waals surface area contributed by atoms with Crippen molar-refractivity contribution in [1.82, 2.24) is 9.29 Å². The van der Waals surface area contributed by atoms with Crippen molar-refractivity contribution in [2.75, 3.05) is 0 Å². The number of hydrogen-bond acceptors (Lipinski definition) is 4. The lowest BCUT2D eigenvalue weighted by Crippen LogP contribution is -2.33. The van der Waals surface area contributed by atoms with Crippen LogP contribution in [-0.2, 0) is 23.1 Å². The van der Waals surface area contributed by atoms with Crippen LogP contribution in [0.5, 0.6) is 0 Å². The molecule has 7 heteroatoms. The lowest BCUT2D eigenvalue weighted by Gasteiger charge is -2.24. The Morgan fingerprint density at radius 3 is 2.15 bits per heavy atom. The summed E-state index contributed by atoms with van der Waals surface area (Å²) in [4.78, 5) is 16.2. The van der Waals surface area contributed by atoms with Gasteiger partial charge in [-0.05, 0) is 81.0 Å². The first kappa shape index (κ1) is 23.0. The summed E-state index contributed by atoms with van der Waals surface area (Å²) >= 11 is 0. The highest BCUT2D eigenvalue weighted by Crippen LogP contribution is 2.28. The van der Waals surface area contributed by atoms with Crippen LogP contribution in [0.15, 0.2) is 62.8 Å². The Kier molecular flexibility index (Phi) is 6.03. The van der Waals surface area contributed by atoms with E-state index < -0.39 is 10.0 Å². The maximum Gasteiger partial charge on any atom is 0.252 e. The molecule has 0 spiro atoms. The molecule has 2 heterocycles. The van der Waals surface area contributed by atoms with Crippen LogP contribution < -0.4 is 5.56 Å². The zero-order chi connectivity index (χ0) is 23.9. The Morgan fingerprint density at radius 2 is 1.52 bits per heavy atom. The minimum Gasteiger partial charge on any atom is -0.468 e. The number of fused-ring (bicyclic) bond motifs is 1. The SMILES string of the molecule is Cc1cc(C)c(S(=O)(=O)N(Cc2ccco2)Cc2cc3cc(C)cc(C)c3[nH]c2=O)c(C)c1. The highest BCUT2D eigenvalue weighted by Gasteiger charge is 2.30. The second-order valence-corrected chi connectivity index (χ2v) is 10.6. The largest absolute Gasteiger partial charge is 0.468 e. The molecule has 2 aromatic heterocycles. The second-order valence-electron chi connectivity index (χ2n) is 8.75. The van der Waals surface area contributed by atoms with Crippen LogP contribution in [0.3, 0.4) is 0 Å². The first-order valence-electron chi connectivity index (χ1n) is 10.8. The van der Waals surface area contributed by atoms with E-state index in [2.05, 4.69) is 4.98 Å². The predicted octanol–water partition coefficient (Wildman–Crippen LogP) is 5.05. The molecule has 0 saturated carbocycles. The Bertz CT molecular complexity index is 1480. The van der Waals surface area contributed by atoms with Crippen LogP contribution in [0.4, 0.5) is 0 Å².